The molecule has 108 valence electrons. The zero-order valence-electron chi connectivity index (χ0n) is 11.7. The summed E-state index contributed by atoms with van der Waals surface area (Å²) in [5.74, 6) is 0. The van der Waals surface area contributed by atoms with Crippen molar-refractivity contribution in [2.24, 2.45) is 0 Å². The number of nitrogens with one attached hydrogen (secondary N) is 1. The Labute approximate surface area is 134 Å². The van der Waals surface area contributed by atoms with E-state index in [2.05, 4.69) is 30.6 Å². The number of aryl methyl sites for hydroxylation is 1. The number of benzene rings is 1. The summed E-state index contributed by atoms with van der Waals surface area (Å²) in [4.78, 5) is 1.21. The first kappa shape index (κ1) is 15.8. The van der Waals surface area contributed by atoms with Crippen molar-refractivity contribution >= 4 is 34.5 Å². The predicted molar refractivity (Wildman–Crippen MR) is 90.3 cm³/mol. The van der Waals surface area contributed by atoms with Gasteiger partial charge >= 0.3 is 0 Å². The maximum absolute atomic E-state index is 6.43. The summed E-state index contributed by atoms with van der Waals surface area (Å²) in [6, 6.07) is 8.23. The quantitative estimate of drug-likeness (QED) is 0.723. The van der Waals surface area contributed by atoms with Gasteiger partial charge in [-0.3, -0.25) is 0 Å². The number of halogens is 2. The molecule has 0 aliphatic heterocycles. The van der Waals surface area contributed by atoms with Gasteiger partial charge in [0.05, 0.1) is 5.02 Å². The largest absolute Gasteiger partial charge is 0.309 e. The van der Waals surface area contributed by atoms with Gasteiger partial charge in [-0.1, -0.05) is 48.3 Å². The van der Waals surface area contributed by atoms with Crippen molar-refractivity contribution in [3.63, 3.8) is 0 Å². The zero-order chi connectivity index (χ0) is 14.5. The monoisotopic (exact) mass is 327 g/mol. The van der Waals surface area contributed by atoms with Crippen LogP contribution in [0.5, 0.6) is 0 Å². The van der Waals surface area contributed by atoms with Gasteiger partial charge in [-0.05, 0) is 48.9 Å². The summed E-state index contributed by atoms with van der Waals surface area (Å²) >= 11 is 14.4. The van der Waals surface area contributed by atoms with Crippen molar-refractivity contribution in [3.05, 3.63) is 55.7 Å². The zero-order valence-corrected chi connectivity index (χ0v) is 14.1. The smallest absolute Gasteiger partial charge is 0.0590 e. The van der Waals surface area contributed by atoms with Crippen molar-refractivity contribution in [2.75, 3.05) is 6.54 Å². The van der Waals surface area contributed by atoms with Crippen LogP contribution in [0.15, 0.2) is 29.6 Å². The van der Waals surface area contributed by atoms with Crippen LogP contribution in [-0.2, 0) is 6.42 Å². The summed E-state index contributed by atoms with van der Waals surface area (Å²) in [7, 11) is 0. The molecular weight excluding hydrogens is 309 g/mol. The molecule has 0 fully saturated rings. The molecule has 0 aliphatic rings. The van der Waals surface area contributed by atoms with E-state index in [1.807, 2.05) is 18.2 Å². The molecule has 0 amide bonds. The maximum atomic E-state index is 6.43. The number of hydrogen-bond acceptors (Lipinski definition) is 2. The summed E-state index contributed by atoms with van der Waals surface area (Å²) < 4.78 is 0. The number of rotatable bonds is 6. The van der Waals surface area contributed by atoms with E-state index in [1.54, 1.807) is 11.3 Å². The summed E-state index contributed by atoms with van der Waals surface area (Å²) in [5, 5.41) is 7.40. The van der Waals surface area contributed by atoms with E-state index in [1.165, 1.54) is 4.88 Å². The SMILES string of the molecule is CCCNC(Cc1ccccc1Cl)c1scc(C)c1Cl. The van der Waals surface area contributed by atoms with Crippen LogP contribution in [-0.4, -0.2) is 6.54 Å². The topological polar surface area (TPSA) is 12.0 Å². The molecule has 1 aromatic heterocycles. The van der Waals surface area contributed by atoms with Crippen LogP contribution >= 0.6 is 34.5 Å². The maximum Gasteiger partial charge on any atom is 0.0590 e. The Morgan fingerprint density at radius 3 is 2.60 bits per heavy atom. The lowest BCUT2D eigenvalue weighted by atomic mass is 10.0. The molecule has 1 nitrogen and oxygen atoms in total. The third kappa shape index (κ3) is 3.76. The van der Waals surface area contributed by atoms with Gasteiger partial charge in [-0.15, -0.1) is 11.3 Å². The normalized spacial score (nSPS) is 12.6. The van der Waals surface area contributed by atoms with Crippen LogP contribution in [0.4, 0.5) is 0 Å². The van der Waals surface area contributed by atoms with Gasteiger partial charge in [0.2, 0.25) is 0 Å². The average molecular weight is 328 g/mol. The van der Waals surface area contributed by atoms with Crippen molar-refractivity contribution in [1.82, 2.24) is 5.32 Å². The van der Waals surface area contributed by atoms with Gasteiger partial charge in [0.15, 0.2) is 0 Å². The van der Waals surface area contributed by atoms with E-state index in [0.717, 1.165) is 40.6 Å². The van der Waals surface area contributed by atoms with E-state index in [-0.39, 0.29) is 6.04 Å². The average Bonchev–Trinajstić information content (AvgIpc) is 2.77. The highest BCUT2D eigenvalue weighted by Gasteiger charge is 2.18. The Hall–Kier alpha value is -0.540. The molecule has 0 aliphatic carbocycles. The molecule has 1 aromatic carbocycles. The molecule has 0 radical (unpaired) electrons. The van der Waals surface area contributed by atoms with Crippen LogP contribution in [0, 0.1) is 6.92 Å². The molecule has 2 rings (SSSR count). The third-order valence-corrected chi connectivity index (χ3v) is 5.46. The van der Waals surface area contributed by atoms with Gasteiger partial charge < -0.3 is 5.32 Å². The highest BCUT2D eigenvalue weighted by Crippen LogP contribution is 2.35. The second-order valence-corrected chi connectivity index (χ2v) is 6.60. The van der Waals surface area contributed by atoms with Gasteiger partial charge in [0.1, 0.15) is 0 Å². The molecule has 0 spiro atoms. The van der Waals surface area contributed by atoms with E-state index >= 15 is 0 Å². The minimum absolute atomic E-state index is 0.223. The fourth-order valence-electron chi connectivity index (χ4n) is 2.14. The molecule has 1 heterocycles. The first-order chi connectivity index (χ1) is 9.63. The van der Waals surface area contributed by atoms with Crippen molar-refractivity contribution in [2.45, 2.75) is 32.7 Å². The summed E-state index contributed by atoms with van der Waals surface area (Å²) in [5.41, 5.74) is 2.30. The van der Waals surface area contributed by atoms with E-state index in [4.69, 9.17) is 23.2 Å². The first-order valence-electron chi connectivity index (χ1n) is 6.83. The highest BCUT2D eigenvalue weighted by molar-refractivity contribution is 7.10. The van der Waals surface area contributed by atoms with E-state index in [0.29, 0.717) is 0 Å². The predicted octanol–water partition coefficient (Wildman–Crippen LogP) is 5.65. The Kier molecular flexibility index (Phi) is 5.91. The van der Waals surface area contributed by atoms with Crippen LogP contribution in [0.1, 0.15) is 35.4 Å². The molecule has 0 saturated carbocycles. The Balaban J connectivity index is 2.24. The molecule has 2 aromatic rings. The van der Waals surface area contributed by atoms with Gasteiger partial charge in [0.25, 0.3) is 0 Å². The molecular formula is C16H19Cl2NS. The fraction of sp³-hybridized carbons (Fsp3) is 0.375. The first-order valence-corrected chi connectivity index (χ1v) is 8.47. The van der Waals surface area contributed by atoms with Gasteiger partial charge in [0, 0.05) is 15.9 Å². The van der Waals surface area contributed by atoms with E-state index < -0.39 is 0 Å². The van der Waals surface area contributed by atoms with Crippen molar-refractivity contribution in [1.29, 1.82) is 0 Å². The fourth-order valence-corrected chi connectivity index (χ4v) is 3.76. The minimum Gasteiger partial charge on any atom is -0.309 e. The summed E-state index contributed by atoms with van der Waals surface area (Å²) in [6.45, 7) is 5.19. The lowest BCUT2D eigenvalue weighted by Crippen LogP contribution is -2.23. The van der Waals surface area contributed by atoms with Crippen molar-refractivity contribution < 1.29 is 0 Å². The second kappa shape index (κ2) is 7.46. The standard InChI is InChI=1S/C16H19Cl2NS/c1-3-8-19-14(16-15(18)11(2)10-20-16)9-12-6-4-5-7-13(12)17/h4-7,10,14,19H,3,8-9H2,1-2H3. The Morgan fingerprint density at radius 2 is 2.00 bits per heavy atom. The van der Waals surface area contributed by atoms with Crippen molar-refractivity contribution in [3.8, 4) is 0 Å². The molecule has 1 atom stereocenters. The lowest BCUT2D eigenvalue weighted by Gasteiger charge is -2.19. The lowest BCUT2D eigenvalue weighted by molar-refractivity contribution is 0.536. The number of thiophene rings is 1. The number of hydrogen-bond donors (Lipinski definition) is 1. The molecule has 1 unspecified atom stereocenters. The van der Waals surface area contributed by atoms with Crippen LogP contribution in [0.3, 0.4) is 0 Å². The Morgan fingerprint density at radius 1 is 1.25 bits per heavy atom. The minimum atomic E-state index is 0.223. The third-order valence-electron chi connectivity index (χ3n) is 3.26. The molecule has 1 N–H and O–H groups in total. The highest BCUT2D eigenvalue weighted by atomic mass is 35.5. The van der Waals surface area contributed by atoms with E-state index in [9.17, 15) is 0 Å². The van der Waals surface area contributed by atoms with Crippen LogP contribution < -0.4 is 5.32 Å². The van der Waals surface area contributed by atoms with Gasteiger partial charge in [-0.25, -0.2) is 0 Å². The second-order valence-electron chi connectivity index (χ2n) is 4.90. The molecule has 0 saturated heterocycles. The van der Waals surface area contributed by atoms with Crippen LogP contribution in [0.25, 0.3) is 0 Å². The Bertz CT molecular complexity index is 565. The van der Waals surface area contributed by atoms with Gasteiger partial charge in [-0.2, -0.15) is 0 Å². The van der Waals surface area contributed by atoms with Crippen LogP contribution in [0.2, 0.25) is 10.0 Å². The molecule has 4 heteroatoms. The summed E-state index contributed by atoms with van der Waals surface area (Å²) in [6.07, 6.45) is 1.96. The molecule has 0 bridgehead atoms. The molecule has 20 heavy (non-hydrogen) atoms.